The lowest BCUT2D eigenvalue weighted by Crippen LogP contribution is -2.47. The number of carbonyl (C=O) groups excluding carboxylic acids is 1. The number of amides is 2. The van der Waals surface area contributed by atoms with Gasteiger partial charge >= 0.3 is 12.0 Å². The second-order valence-electron chi connectivity index (χ2n) is 5.01. The average Bonchev–Trinajstić information content (AvgIpc) is 2.36. The van der Waals surface area contributed by atoms with E-state index in [-0.39, 0.29) is 5.92 Å². The lowest BCUT2D eigenvalue weighted by Gasteiger charge is -2.22. The minimum atomic E-state index is -1.08. The lowest BCUT2D eigenvalue weighted by atomic mass is 10.0. The Balaban J connectivity index is 2.76. The number of hydrogen-bond acceptors (Lipinski definition) is 2. The third-order valence-electron chi connectivity index (χ3n) is 2.80. The third kappa shape index (κ3) is 4.53. The van der Waals surface area contributed by atoms with Gasteiger partial charge in [-0.2, -0.15) is 0 Å². The van der Waals surface area contributed by atoms with Gasteiger partial charge in [0.25, 0.3) is 0 Å². The normalized spacial score (nSPS) is 12.1. The van der Waals surface area contributed by atoms with Crippen LogP contribution in [0.15, 0.2) is 24.3 Å². The average molecular weight is 282 g/mol. The first-order chi connectivity index (χ1) is 9.31. The van der Waals surface area contributed by atoms with Gasteiger partial charge < -0.3 is 10.4 Å². The van der Waals surface area contributed by atoms with Crippen molar-refractivity contribution < 1.29 is 19.1 Å². The van der Waals surface area contributed by atoms with Crippen LogP contribution in [0.4, 0.5) is 14.9 Å². The number of anilines is 1. The predicted molar refractivity (Wildman–Crippen MR) is 74.2 cm³/mol. The van der Waals surface area contributed by atoms with Gasteiger partial charge in [0.15, 0.2) is 0 Å². The largest absolute Gasteiger partial charge is 0.480 e. The highest BCUT2D eigenvalue weighted by Gasteiger charge is 2.23. The Hall–Kier alpha value is -2.11. The highest BCUT2D eigenvalue weighted by molar-refractivity contribution is 5.93. The Morgan fingerprint density at radius 3 is 2.55 bits per heavy atom. The molecule has 0 aliphatic heterocycles. The quantitative estimate of drug-likeness (QED) is 0.871. The number of hydrogen-bond donors (Lipinski definition) is 2. The van der Waals surface area contributed by atoms with Crippen LogP contribution in [-0.2, 0) is 4.79 Å². The van der Waals surface area contributed by atoms with E-state index in [4.69, 9.17) is 5.11 Å². The molecule has 0 spiro atoms. The Bertz CT molecular complexity index is 491. The molecule has 1 rings (SSSR count). The molecular weight excluding hydrogens is 263 g/mol. The second-order valence-corrected chi connectivity index (χ2v) is 5.01. The fourth-order valence-corrected chi connectivity index (χ4v) is 1.74. The summed E-state index contributed by atoms with van der Waals surface area (Å²) in [5.74, 6) is -1.41. The minimum absolute atomic E-state index is 0.135. The fraction of sp³-hybridized carbons (Fsp3) is 0.429. The highest BCUT2D eigenvalue weighted by Crippen LogP contribution is 2.14. The molecule has 0 saturated heterocycles. The van der Waals surface area contributed by atoms with Crippen LogP contribution in [0, 0.1) is 11.7 Å². The van der Waals surface area contributed by atoms with Crippen LogP contribution in [0.3, 0.4) is 0 Å². The van der Waals surface area contributed by atoms with Gasteiger partial charge in [0.05, 0.1) is 0 Å². The van der Waals surface area contributed by atoms with E-state index in [0.29, 0.717) is 12.1 Å². The van der Waals surface area contributed by atoms with Crippen LogP contribution in [-0.4, -0.2) is 30.2 Å². The number of carboxylic acids is 1. The summed E-state index contributed by atoms with van der Waals surface area (Å²) < 4.78 is 13.1. The summed E-state index contributed by atoms with van der Waals surface area (Å²) in [5.41, 5.74) is 0.358. The van der Waals surface area contributed by atoms with E-state index < -0.39 is 23.9 Å². The van der Waals surface area contributed by atoms with Gasteiger partial charge in [0, 0.05) is 12.7 Å². The number of halogens is 1. The van der Waals surface area contributed by atoms with E-state index >= 15 is 0 Å². The molecular formula is C14H19FN2O3. The van der Waals surface area contributed by atoms with E-state index in [9.17, 15) is 14.0 Å². The van der Waals surface area contributed by atoms with Crippen LogP contribution < -0.4 is 10.2 Å². The van der Waals surface area contributed by atoms with Crippen molar-refractivity contribution in [3.05, 3.63) is 30.1 Å². The SMILES string of the molecule is CC(C)C[C@@H](NC(=O)N(C)c1cccc(F)c1)C(=O)O. The van der Waals surface area contributed by atoms with Crippen molar-refractivity contribution in [1.82, 2.24) is 5.32 Å². The zero-order valence-corrected chi connectivity index (χ0v) is 11.8. The first-order valence-electron chi connectivity index (χ1n) is 6.34. The van der Waals surface area contributed by atoms with Gasteiger partial charge in [0.1, 0.15) is 11.9 Å². The summed E-state index contributed by atoms with van der Waals surface area (Å²) in [7, 11) is 1.46. The number of carbonyl (C=O) groups is 2. The van der Waals surface area contributed by atoms with Gasteiger partial charge in [-0.1, -0.05) is 19.9 Å². The topological polar surface area (TPSA) is 69.6 Å². The van der Waals surface area contributed by atoms with Gasteiger partial charge in [-0.25, -0.2) is 14.0 Å². The van der Waals surface area contributed by atoms with Crippen molar-refractivity contribution in [2.75, 3.05) is 11.9 Å². The van der Waals surface area contributed by atoms with Crippen molar-refractivity contribution in [3.63, 3.8) is 0 Å². The molecule has 0 aliphatic rings. The molecule has 2 N–H and O–H groups in total. The zero-order valence-electron chi connectivity index (χ0n) is 11.8. The van der Waals surface area contributed by atoms with Crippen LogP contribution in [0.25, 0.3) is 0 Å². The maximum atomic E-state index is 13.1. The number of nitrogens with zero attached hydrogens (tertiary/aromatic N) is 1. The minimum Gasteiger partial charge on any atom is -0.480 e. The number of urea groups is 1. The maximum absolute atomic E-state index is 13.1. The van der Waals surface area contributed by atoms with Crippen molar-refractivity contribution in [2.45, 2.75) is 26.3 Å². The zero-order chi connectivity index (χ0) is 15.3. The van der Waals surface area contributed by atoms with Crippen LogP contribution in [0.2, 0.25) is 0 Å². The van der Waals surface area contributed by atoms with Gasteiger partial charge in [-0.15, -0.1) is 0 Å². The Morgan fingerprint density at radius 1 is 1.40 bits per heavy atom. The first-order valence-corrected chi connectivity index (χ1v) is 6.34. The molecule has 0 bridgehead atoms. The molecule has 0 fully saturated rings. The monoisotopic (exact) mass is 282 g/mol. The Kier molecular flexibility index (Phi) is 5.49. The molecule has 0 radical (unpaired) electrons. The molecule has 5 nitrogen and oxygen atoms in total. The van der Waals surface area contributed by atoms with Crippen LogP contribution in [0.5, 0.6) is 0 Å². The van der Waals surface area contributed by atoms with E-state index in [2.05, 4.69) is 5.32 Å². The summed E-state index contributed by atoms with van der Waals surface area (Å²) in [6.45, 7) is 3.75. The molecule has 0 heterocycles. The summed E-state index contributed by atoms with van der Waals surface area (Å²) >= 11 is 0. The van der Waals surface area contributed by atoms with Gasteiger partial charge in [-0.3, -0.25) is 4.90 Å². The number of benzene rings is 1. The molecule has 1 aromatic rings. The molecule has 1 aromatic carbocycles. The molecule has 6 heteroatoms. The number of carboxylic acid groups (broad SMARTS) is 1. The third-order valence-corrected chi connectivity index (χ3v) is 2.80. The van der Waals surface area contributed by atoms with Crippen molar-refractivity contribution in [2.24, 2.45) is 5.92 Å². The number of nitrogens with one attached hydrogen (secondary N) is 1. The smallest absolute Gasteiger partial charge is 0.326 e. The van der Waals surface area contributed by atoms with Crippen molar-refractivity contribution >= 4 is 17.7 Å². The molecule has 2 amide bonds. The first kappa shape index (κ1) is 15.9. The predicted octanol–water partition coefficient (Wildman–Crippen LogP) is 2.47. The second kappa shape index (κ2) is 6.88. The van der Waals surface area contributed by atoms with E-state index in [1.807, 2.05) is 13.8 Å². The molecule has 0 aliphatic carbocycles. The molecule has 0 aromatic heterocycles. The summed E-state index contributed by atoms with van der Waals surface area (Å²) in [4.78, 5) is 24.3. The van der Waals surface area contributed by atoms with Gasteiger partial charge in [-0.05, 0) is 30.5 Å². The van der Waals surface area contributed by atoms with Crippen molar-refractivity contribution in [1.29, 1.82) is 0 Å². The molecule has 20 heavy (non-hydrogen) atoms. The number of aliphatic carboxylic acids is 1. The van der Waals surface area contributed by atoms with E-state index in [0.717, 1.165) is 0 Å². The van der Waals surface area contributed by atoms with E-state index in [1.54, 1.807) is 6.07 Å². The Labute approximate surface area is 117 Å². The van der Waals surface area contributed by atoms with Gasteiger partial charge in [0.2, 0.25) is 0 Å². The number of rotatable bonds is 5. The van der Waals surface area contributed by atoms with Crippen LogP contribution >= 0.6 is 0 Å². The standard InChI is InChI=1S/C14H19FN2O3/c1-9(2)7-12(13(18)19)16-14(20)17(3)11-6-4-5-10(15)8-11/h4-6,8-9,12H,7H2,1-3H3,(H,16,20)(H,18,19)/t12-/m1/s1. The fourth-order valence-electron chi connectivity index (χ4n) is 1.74. The molecule has 0 unspecified atom stereocenters. The van der Waals surface area contributed by atoms with E-state index in [1.165, 1.54) is 30.1 Å². The molecule has 110 valence electrons. The summed E-state index contributed by atoms with van der Waals surface area (Å²) in [6, 6.07) is 3.99. The highest BCUT2D eigenvalue weighted by atomic mass is 19.1. The molecule has 0 saturated carbocycles. The summed E-state index contributed by atoms with van der Waals surface area (Å²) in [5, 5.41) is 11.5. The lowest BCUT2D eigenvalue weighted by molar-refractivity contribution is -0.139. The van der Waals surface area contributed by atoms with Crippen LogP contribution in [0.1, 0.15) is 20.3 Å². The summed E-state index contributed by atoms with van der Waals surface area (Å²) in [6.07, 6.45) is 0.331. The maximum Gasteiger partial charge on any atom is 0.326 e. The van der Waals surface area contributed by atoms with Crippen molar-refractivity contribution in [3.8, 4) is 0 Å². The molecule has 1 atom stereocenters. The Morgan fingerprint density at radius 2 is 2.05 bits per heavy atom.